The van der Waals surface area contributed by atoms with Gasteiger partial charge in [0.25, 0.3) is 0 Å². The van der Waals surface area contributed by atoms with Gasteiger partial charge in [-0.15, -0.1) is 0 Å². The van der Waals surface area contributed by atoms with E-state index in [1.54, 1.807) is 0 Å². The van der Waals surface area contributed by atoms with Crippen LogP contribution >= 0.6 is 11.8 Å². The Kier molecular flexibility index (Phi) is 4.06. The summed E-state index contributed by atoms with van der Waals surface area (Å²) in [6.45, 7) is 2.65. The number of amides is 1. The number of thioether (sulfide) groups is 1. The van der Waals surface area contributed by atoms with Gasteiger partial charge in [-0.25, -0.2) is 0 Å². The highest BCUT2D eigenvalue weighted by Gasteiger charge is 2.31. The van der Waals surface area contributed by atoms with Gasteiger partial charge in [0.15, 0.2) is 5.58 Å². The van der Waals surface area contributed by atoms with Crippen LogP contribution in [0.4, 0.5) is 0 Å². The summed E-state index contributed by atoms with van der Waals surface area (Å²) in [5.74, 6) is 3.60. The molecule has 1 fully saturated rings. The first kappa shape index (κ1) is 15.3. The predicted octanol–water partition coefficient (Wildman–Crippen LogP) is 3.59. The van der Waals surface area contributed by atoms with Gasteiger partial charge >= 0.3 is 0 Å². The Morgan fingerprint density at radius 1 is 1.33 bits per heavy atom. The van der Waals surface area contributed by atoms with Crippen LogP contribution in [0.3, 0.4) is 0 Å². The zero-order chi connectivity index (χ0) is 16.5. The van der Waals surface area contributed by atoms with E-state index in [9.17, 15) is 4.79 Å². The lowest BCUT2D eigenvalue weighted by Crippen LogP contribution is -2.41. The fourth-order valence-corrected chi connectivity index (χ4v) is 4.14. The van der Waals surface area contributed by atoms with Gasteiger partial charge in [0.05, 0.1) is 12.5 Å². The van der Waals surface area contributed by atoms with E-state index in [2.05, 4.69) is 5.16 Å². The van der Waals surface area contributed by atoms with Crippen molar-refractivity contribution >= 4 is 28.6 Å². The van der Waals surface area contributed by atoms with Crippen molar-refractivity contribution in [1.82, 2.24) is 10.1 Å². The third kappa shape index (κ3) is 2.82. The Balaban J connectivity index is 1.57. The van der Waals surface area contributed by atoms with E-state index in [1.807, 2.05) is 60.0 Å². The number of benzene rings is 1. The second-order valence-corrected chi connectivity index (χ2v) is 7.08. The van der Waals surface area contributed by atoms with Gasteiger partial charge in [-0.05, 0) is 31.2 Å². The van der Waals surface area contributed by atoms with Gasteiger partial charge in [0, 0.05) is 23.4 Å². The average Bonchev–Trinajstić information content (AvgIpc) is 3.22. The normalized spacial score (nSPS) is 18.2. The number of aryl methyl sites for hydroxylation is 1. The largest absolute Gasteiger partial charge is 0.464 e. The molecule has 2 aromatic heterocycles. The fraction of sp³-hybridized carbons (Fsp3) is 0.333. The maximum atomic E-state index is 12.9. The Bertz CT molecular complexity index is 870. The minimum Gasteiger partial charge on any atom is -0.464 e. The van der Waals surface area contributed by atoms with Crippen molar-refractivity contribution < 1.29 is 13.7 Å². The quantitative estimate of drug-likeness (QED) is 0.728. The maximum Gasteiger partial charge on any atom is 0.229 e. The Morgan fingerprint density at radius 2 is 2.21 bits per heavy atom. The predicted molar refractivity (Wildman–Crippen MR) is 92.9 cm³/mol. The molecule has 0 spiro atoms. The van der Waals surface area contributed by atoms with Crippen molar-refractivity contribution in [1.29, 1.82) is 0 Å². The van der Waals surface area contributed by atoms with E-state index < -0.39 is 0 Å². The van der Waals surface area contributed by atoms with Crippen LogP contribution in [0.15, 0.2) is 45.3 Å². The smallest absolute Gasteiger partial charge is 0.229 e. The van der Waals surface area contributed by atoms with E-state index in [0.717, 1.165) is 35.0 Å². The van der Waals surface area contributed by atoms with Crippen molar-refractivity contribution in [3.63, 3.8) is 0 Å². The minimum atomic E-state index is -0.0110. The standard InChI is InChI=1S/C18H18N2O3S/c1-12-6-7-17(22-12)15-11-24-9-8-20(15)18(21)10-14-13-4-2-3-5-16(13)23-19-14/h2-7,15H,8-11H2,1H3/t15-/m1/s1. The summed E-state index contributed by atoms with van der Waals surface area (Å²) in [6.07, 6.45) is 0.248. The first-order chi connectivity index (χ1) is 11.7. The van der Waals surface area contributed by atoms with Crippen LogP contribution in [0, 0.1) is 6.92 Å². The molecule has 1 atom stereocenters. The van der Waals surface area contributed by atoms with Crippen molar-refractivity contribution in [2.45, 2.75) is 19.4 Å². The Labute approximate surface area is 144 Å². The number of hydrogen-bond donors (Lipinski definition) is 0. The fourth-order valence-electron chi connectivity index (χ4n) is 3.08. The number of furan rings is 1. The van der Waals surface area contributed by atoms with Gasteiger partial charge in [-0.3, -0.25) is 4.79 Å². The highest BCUT2D eigenvalue weighted by Crippen LogP contribution is 2.31. The van der Waals surface area contributed by atoms with Gasteiger partial charge < -0.3 is 13.8 Å². The number of carbonyl (C=O) groups excluding carboxylic acids is 1. The zero-order valence-electron chi connectivity index (χ0n) is 13.4. The van der Waals surface area contributed by atoms with Gasteiger partial charge in [0.2, 0.25) is 5.91 Å². The molecule has 5 nitrogen and oxygen atoms in total. The number of nitrogens with zero attached hydrogens (tertiary/aromatic N) is 2. The number of para-hydroxylation sites is 1. The minimum absolute atomic E-state index is 0.0110. The van der Waals surface area contributed by atoms with Gasteiger partial charge in [-0.2, -0.15) is 11.8 Å². The maximum absolute atomic E-state index is 12.9. The molecule has 0 N–H and O–H groups in total. The number of rotatable bonds is 3. The topological polar surface area (TPSA) is 59.5 Å². The van der Waals surface area contributed by atoms with Crippen LogP contribution in [0.5, 0.6) is 0 Å². The first-order valence-corrected chi connectivity index (χ1v) is 9.14. The molecule has 124 valence electrons. The molecule has 0 unspecified atom stereocenters. The second kappa shape index (κ2) is 6.36. The number of hydrogen-bond acceptors (Lipinski definition) is 5. The number of fused-ring (bicyclic) bond motifs is 1. The van der Waals surface area contributed by atoms with E-state index in [4.69, 9.17) is 8.94 Å². The van der Waals surface area contributed by atoms with Crippen LogP contribution < -0.4 is 0 Å². The average molecular weight is 342 g/mol. The molecule has 6 heteroatoms. The second-order valence-electron chi connectivity index (χ2n) is 5.93. The van der Waals surface area contributed by atoms with E-state index >= 15 is 0 Å². The molecule has 1 amide bonds. The molecule has 3 aromatic rings. The summed E-state index contributed by atoms with van der Waals surface area (Å²) in [5.41, 5.74) is 1.41. The summed E-state index contributed by atoms with van der Waals surface area (Å²) >= 11 is 1.85. The zero-order valence-corrected chi connectivity index (χ0v) is 14.2. The van der Waals surface area contributed by atoms with Gasteiger partial charge in [0.1, 0.15) is 17.2 Å². The van der Waals surface area contributed by atoms with Gasteiger partial charge in [-0.1, -0.05) is 17.3 Å². The molecule has 1 aliphatic heterocycles. The van der Waals surface area contributed by atoms with Crippen LogP contribution in [0.1, 0.15) is 23.3 Å². The van der Waals surface area contributed by atoms with Crippen LogP contribution in [-0.2, 0) is 11.2 Å². The Morgan fingerprint density at radius 3 is 3.04 bits per heavy atom. The third-order valence-electron chi connectivity index (χ3n) is 4.31. The van der Waals surface area contributed by atoms with Crippen LogP contribution in [-0.4, -0.2) is 34.0 Å². The van der Waals surface area contributed by atoms with E-state index in [1.165, 1.54) is 0 Å². The molecule has 4 rings (SSSR count). The highest BCUT2D eigenvalue weighted by molar-refractivity contribution is 7.99. The van der Waals surface area contributed by atoms with Crippen LogP contribution in [0.2, 0.25) is 0 Å². The molecule has 0 radical (unpaired) electrons. The summed E-state index contributed by atoms with van der Waals surface area (Å²) in [6, 6.07) is 11.5. The molecule has 0 aliphatic carbocycles. The Hall–Kier alpha value is -2.21. The van der Waals surface area contributed by atoms with Crippen molar-refractivity contribution in [2.24, 2.45) is 0 Å². The molecule has 3 heterocycles. The van der Waals surface area contributed by atoms with Crippen molar-refractivity contribution in [3.05, 3.63) is 53.6 Å². The van der Waals surface area contributed by atoms with Crippen LogP contribution in [0.25, 0.3) is 11.0 Å². The number of carbonyl (C=O) groups is 1. The molecule has 1 aliphatic rings. The van der Waals surface area contributed by atoms with Crippen molar-refractivity contribution in [3.8, 4) is 0 Å². The molecule has 1 saturated heterocycles. The SMILES string of the molecule is Cc1ccc([C@H]2CSCCN2C(=O)Cc2noc3ccccc23)o1. The summed E-state index contributed by atoms with van der Waals surface area (Å²) in [7, 11) is 0. The number of aromatic nitrogens is 1. The summed E-state index contributed by atoms with van der Waals surface area (Å²) < 4.78 is 11.1. The molecule has 24 heavy (non-hydrogen) atoms. The lowest BCUT2D eigenvalue weighted by molar-refractivity contribution is -0.132. The monoisotopic (exact) mass is 342 g/mol. The highest BCUT2D eigenvalue weighted by atomic mass is 32.2. The van der Waals surface area contributed by atoms with Crippen molar-refractivity contribution in [2.75, 3.05) is 18.1 Å². The third-order valence-corrected chi connectivity index (χ3v) is 5.33. The molecular formula is C18H18N2O3S. The molecule has 0 bridgehead atoms. The molecular weight excluding hydrogens is 324 g/mol. The lowest BCUT2D eigenvalue weighted by Gasteiger charge is -2.34. The summed E-state index contributed by atoms with van der Waals surface area (Å²) in [4.78, 5) is 14.8. The first-order valence-electron chi connectivity index (χ1n) is 7.99. The lowest BCUT2D eigenvalue weighted by atomic mass is 10.1. The van der Waals surface area contributed by atoms with E-state index in [-0.39, 0.29) is 18.4 Å². The molecule has 0 saturated carbocycles. The summed E-state index contributed by atoms with van der Waals surface area (Å²) in [5, 5.41) is 4.99. The molecule has 1 aromatic carbocycles. The van der Waals surface area contributed by atoms with E-state index in [0.29, 0.717) is 11.3 Å².